The van der Waals surface area contributed by atoms with Gasteiger partial charge in [-0.05, 0) is 50.1 Å². The van der Waals surface area contributed by atoms with E-state index >= 15 is 0 Å². The molecule has 2 aromatic rings. The molecule has 3 nitrogen and oxygen atoms in total. The lowest BCUT2D eigenvalue weighted by Crippen LogP contribution is -2.50. The van der Waals surface area contributed by atoms with E-state index in [0.29, 0.717) is 0 Å². The van der Waals surface area contributed by atoms with Crippen LogP contribution in [-0.4, -0.2) is 42.2 Å². The van der Waals surface area contributed by atoms with Crippen LogP contribution in [0.15, 0.2) is 53.4 Å². The monoisotopic (exact) mass is 354 g/mol. The molecule has 1 saturated heterocycles. The number of nitrogens with zero attached hydrogens (tertiary/aromatic N) is 2. The zero-order valence-electron chi connectivity index (χ0n) is 15.2. The van der Waals surface area contributed by atoms with Gasteiger partial charge < -0.3 is 9.80 Å². The van der Waals surface area contributed by atoms with Crippen molar-refractivity contribution in [1.82, 2.24) is 4.90 Å². The molecule has 132 valence electrons. The van der Waals surface area contributed by atoms with Gasteiger partial charge in [0.2, 0.25) is 5.91 Å². The fourth-order valence-corrected chi connectivity index (χ4v) is 4.23. The largest absolute Gasteiger partial charge is 0.368 e. The molecular weight excluding hydrogens is 328 g/mol. The number of anilines is 1. The van der Waals surface area contributed by atoms with Crippen molar-refractivity contribution in [3.8, 4) is 0 Å². The van der Waals surface area contributed by atoms with Crippen molar-refractivity contribution in [2.75, 3.05) is 31.1 Å². The van der Waals surface area contributed by atoms with Crippen LogP contribution in [0.25, 0.3) is 0 Å². The third-order valence-electron chi connectivity index (χ3n) is 4.91. The Balaban J connectivity index is 1.58. The number of benzene rings is 2. The third kappa shape index (κ3) is 4.18. The summed E-state index contributed by atoms with van der Waals surface area (Å²) >= 11 is 1.64. The minimum Gasteiger partial charge on any atom is -0.368 e. The quantitative estimate of drug-likeness (QED) is 0.771. The Kier molecular flexibility index (Phi) is 5.69. The average molecular weight is 355 g/mol. The molecule has 0 N–H and O–H groups in total. The molecule has 0 bridgehead atoms. The molecule has 1 amide bonds. The zero-order chi connectivity index (χ0) is 17.8. The number of aryl methyl sites for hydroxylation is 1. The number of rotatable bonds is 4. The van der Waals surface area contributed by atoms with Crippen molar-refractivity contribution >= 4 is 23.4 Å². The Labute approximate surface area is 155 Å². The molecule has 0 aromatic heterocycles. The summed E-state index contributed by atoms with van der Waals surface area (Å²) in [4.78, 5) is 18.3. The summed E-state index contributed by atoms with van der Waals surface area (Å²) in [6.45, 7) is 9.74. The van der Waals surface area contributed by atoms with Gasteiger partial charge in [0, 0.05) is 36.8 Å². The fourth-order valence-electron chi connectivity index (χ4n) is 3.26. The van der Waals surface area contributed by atoms with Crippen molar-refractivity contribution in [3.05, 3.63) is 59.7 Å². The van der Waals surface area contributed by atoms with E-state index in [1.54, 1.807) is 11.8 Å². The fraction of sp³-hybridized carbons (Fsp3) is 0.381. The Morgan fingerprint density at radius 1 is 0.960 bits per heavy atom. The summed E-state index contributed by atoms with van der Waals surface area (Å²) in [5.41, 5.74) is 3.97. The molecule has 2 aromatic carbocycles. The van der Waals surface area contributed by atoms with E-state index in [0.717, 1.165) is 31.1 Å². The second-order valence-electron chi connectivity index (χ2n) is 6.60. The maximum absolute atomic E-state index is 12.8. The molecule has 0 radical (unpaired) electrons. The van der Waals surface area contributed by atoms with Crippen LogP contribution in [0.1, 0.15) is 18.1 Å². The maximum atomic E-state index is 12.8. The first-order chi connectivity index (χ1) is 12.1. The highest BCUT2D eigenvalue weighted by Gasteiger charge is 2.26. The predicted molar refractivity (Wildman–Crippen MR) is 106 cm³/mol. The molecule has 0 aliphatic carbocycles. The average Bonchev–Trinajstić information content (AvgIpc) is 2.64. The van der Waals surface area contributed by atoms with Crippen LogP contribution in [0.4, 0.5) is 5.69 Å². The first-order valence-corrected chi connectivity index (χ1v) is 9.76. The Bertz CT molecular complexity index is 724. The van der Waals surface area contributed by atoms with E-state index in [2.05, 4.69) is 49.1 Å². The topological polar surface area (TPSA) is 23.6 Å². The van der Waals surface area contributed by atoms with Gasteiger partial charge in [-0.15, -0.1) is 11.8 Å². The Morgan fingerprint density at radius 2 is 1.64 bits per heavy atom. The van der Waals surface area contributed by atoms with E-state index in [1.807, 2.05) is 30.0 Å². The van der Waals surface area contributed by atoms with Gasteiger partial charge in [0.25, 0.3) is 0 Å². The van der Waals surface area contributed by atoms with Gasteiger partial charge in [0.15, 0.2) is 0 Å². The summed E-state index contributed by atoms with van der Waals surface area (Å²) in [5.74, 6) is 0.245. The number of thioether (sulfide) groups is 1. The Morgan fingerprint density at radius 3 is 2.32 bits per heavy atom. The highest BCUT2D eigenvalue weighted by Crippen LogP contribution is 2.26. The molecule has 1 fully saturated rings. The van der Waals surface area contributed by atoms with E-state index in [9.17, 15) is 4.79 Å². The number of carbonyl (C=O) groups is 1. The van der Waals surface area contributed by atoms with Gasteiger partial charge >= 0.3 is 0 Å². The van der Waals surface area contributed by atoms with E-state index in [-0.39, 0.29) is 11.2 Å². The van der Waals surface area contributed by atoms with Crippen LogP contribution < -0.4 is 4.90 Å². The highest BCUT2D eigenvalue weighted by atomic mass is 32.2. The van der Waals surface area contributed by atoms with E-state index in [1.165, 1.54) is 16.8 Å². The number of amides is 1. The van der Waals surface area contributed by atoms with E-state index < -0.39 is 0 Å². The summed E-state index contributed by atoms with van der Waals surface area (Å²) in [7, 11) is 0. The smallest absolute Gasteiger partial charge is 0.235 e. The maximum Gasteiger partial charge on any atom is 0.235 e. The minimum absolute atomic E-state index is 0.0466. The van der Waals surface area contributed by atoms with Crippen LogP contribution in [0.2, 0.25) is 0 Å². The number of piperazine rings is 1. The number of carbonyl (C=O) groups excluding carboxylic acids is 1. The number of hydrogen-bond acceptors (Lipinski definition) is 3. The summed E-state index contributed by atoms with van der Waals surface area (Å²) in [5, 5.41) is -0.0466. The third-order valence-corrected chi connectivity index (χ3v) is 6.01. The lowest BCUT2D eigenvalue weighted by molar-refractivity contribution is -0.130. The molecule has 0 spiro atoms. The SMILES string of the molecule is Cc1cccc(N2CCN(C(=O)[C@@H](C)Sc3ccccc3)CC2)c1C. The van der Waals surface area contributed by atoms with Gasteiger partial charge in [0.05, 0.1) is 5.25 Å². The van der Waals surface area contributed by atoms with Gasteiger partial charge in [0.1, 0.15) is 0 Å². The molecule has 1 aliphatic heterocycles. The molecule has 1 atom stereocenters. The van der Waals surface area contributed by atoms with Crippen LogP contribution in [-0.2, 0) is 4.79 Å². The molecule has 4 heteroatoms. The molecule has 0 unspecified atom stereocenters. The second-order valence-corrected chi connectivity index (χ2v) is 8.02. The summed E-state index contributed by atoms with van der Waals surface area (Å²) < 4.78 is 0. The second kappa shape index (κ2) is 7.96. The van der Waals surface area contributed by atoms with Crippen LogP contribution in [0, 0.1) is 13.8 Å². The van der Waals surface area contributed by atoms with Crippen molar-refractivity contribution in [2.24, 2.45) is 0 Å². The lowest BCUT2D eigenvalue weighted by Gasteiger charge is -2.38. The van der Waals surface area contributed by atoms with Gasteiger partial charge in [-0.1, -0.05) is 30.3 Å². The molecule has 1 heterocycles. The van der Waals surface area contributed by atoms with Gasteiger partial charge in [-0.25, -0.2) is 0 Å². The van der Waals surface area contributed by atoms with Crippen LogP contribution >= 0.6 is 11.8 Å². The predicted octanol–water partition coefficient (Wildman–Crippen LogP) is 4.13. The van der Waals surface area contributed by atoms with Crippen molar-refractivity contribution < 1.29 is 4.79 Å². The minimum atomic E-state index is -0.0466. The van der Waals surface area contributed by atoms with Crippen molar-refractivity contribution in [2.45, 2.75) is 30.9 Å². The van der Waals surface area contributed by atoms with Crippen LogP contribution in [0.3, 0.4) is 0 Å². The molecule has 1 aliphatic rings. The summed E-state index contributed by atoms with van der Waals surface area (Å²) in [6, 6.07) is 16.6. The van der Waals surface area contributed by atoms with Gasteiger partial charge in [-0.2, -0.15) is 0 Å². The zero-order valence-corrected chi connectivity index (χ0v) is 16.1. The molecule has 3 rings (SSSR count). The molecule has 0 saturated carbocycles. The van der Waals surface area contributed by atoms with Crippen molar-refractivity contribution in [3.63, 3.8) is 0 Å². The Hall–Kier alpha value is -1.94. The molecular formula is C21H26N2OS. The standard InChI is InChI=1S/C21H26N2OS/c1-16-8-7-11-20(17(16)2)22-12-14-23(15-13-22)21(24)18(3)25-19-9-5-4-6-10-19/h4-11,18H,12-15H2,1-3H3/t18-/m1/s1. The first kappa shape index (κ1) is 17.9. The highest BCUT2D eigenvalue weighted by molar-refractivity contribution is 8.00. The first-order valence-electron chi connectivity index (χ1n) is 8.88. The van der Waals surface area contributed by atoms with Crippen molar-refractivity contribution in [1.29, 1.82) is 0 Å². The summed E-state index contributed by atoms with van der Waals surface area (Å²) in [6.07, 6.45) is 0. The van der Waals surface area contributed by atoms with Crippen LogP contribution in [0.5, 0.6) is 0 Å². The molecule has 25 heavy (non-hydrogen) atoms. The normalized spacial score (nSPS) is 16.0. The van der Waals surface area contributed by atoms with Gasteiger partial charge in [-0.3, -0.25) is 4.79 Å². The van der Waals surface area contributed by atoms with E-state index in [4.69, 9.17) is 0 Å². The number of hydrogen-bond donors (Lipinski definition) is 0. The lowest BCUT2D eigenvalue weighted by atomic mass is 10.1.